The van der Waals surface area contributed by atoms with E-state index in [9.17, 15) is 13.5 Å². The van der Waals surface area contributed by atoms with Crippen molar-refractivity contribution in [3.63, 3.8) is 0 Å². The van der Waals surface area contributed by atoms with Gasteiger partial charge < -0.3 is 9.53 Å². The summed E-state index contributed by atoms with van der Waals surface area (Å²) in [6, 6.07) is 0. The Morgan fingerprint density at radius 3 is 2.00 bits per heavy atom. The van der Waals surface area contributed by atoms with Gasteiger partial charge in [-0.15, -0.1) is 11.3 Å². The number of hydrogen-bond acceptors (Lipinski definition) is 6. The van der Waals surface area contributed by atoms with Gasteiger partial charge in [-0.3, -0.25) is 0 Å². The second-order valence-corrected chi connectivity index (χ2v) is 23.9. The van der Waals surface area contributed by atoms with Crippen molar-refractivity contribution < 1.29 is 18.0 Å². The maximum absolute atomic E-state index is 12.9. The molecule has 1 aromatic heterocycles. The van der Waals surface area contributed by atoms with E-state index in [1.165, 1.54) is 6.20 Å². The van der Waals surface area contributed by atoms with Crippen LogP contribution in [0.15, 0.2) is 10.4 Å². The van der Waals surface area contributed by atoms with Crippen molar-refractivity contribution in [3.8, 4) is 0 Å². The third-order valence-electron chi connectivity index (χ3n) is 5.99. The van der Waals surface area contributed by atoms with Gasteiger partial charge in [-0.1, -0.05) is 54.6 Å². The van der Waals surface area contributed by atoms with Crippen LogP contribution in [0.25, 0.3) is 0 Å². The Hall–Kier alpha value is -0.106. The van der Waals surface area contributed by atoms with E-state index < -0.39 is 32.2 Å². The monoisotopic (exact) mass is 466 g/mol. The quantitative estimate of drug-likeness (QED) is 0.571. The van der Waals surface area contributed by atoms with Crippen LogP contribution in [0.5, 0.6) is 0 Å². The van der Waals surface area contributed by atoms with Crippen LogP contribution in [-0.4, -0.2) is 41.7 Å². The largest absolute Gasteiger partial charge is 0.413 e. The summed E-state index contributed by atoms with van der Waals surface area (Å²) < 4.78 is 34.9. The van der Waals surface area contributed by atoms with Crippen molar-refractivity contribution in [2.24, 2.45) is 0 Å². The molecular formula is C18H38N2O4S2Si2. The second-order valence-electron chi connectivity index (χ2n) is 10.8. The number of thiazole rings is 1. The highest BCUT2D eigenvalue weighted by Gasteiger charge is 2.42. The third-order valence-corrected chi connectivity index (χ3v) is 19.9. The van der Waals surface area contributed by atoms with Gasteiger partial charge in [0.05, 0.1) is 12.8 Å². The maximum Gasteiger partial charge on any atom is 0.245 e. The van der Waals surface area contributed by atoms with Crippen molar-refractivity contribution in [2.75, 3.05) is 6.61 Å². The molecule has 1 atom stereocenters. The smallest absolute Gasteiger partial charge is 0.245 e. The summed E-state index contributed by atoms with van der Waals surface area (Å²) in [5.74, 6) is 0. The average Bonchev–Trinajstić information content (AvgIpc) is 2.93. The molecule has 1 heterocycles. The number of hydrogen-bond donors (Lipinski definition) is 2. The minimum Gasteiger partial charge on any atom is -0.413 e. The lowest BCUT2D eigenvalue weighted by atomic mass is 10.1. The minimum atomic E-state index is -3.68. The number of aliphatic hydroxyl groups is 1. The summed E-state index contributed by atoms with van der Waals surface area (Å²) in [6.07, 6.45) is 1.33. The van der Waals surface area contributed by atoms with Crippen molar-refractivity contribution in [1.29, 1.82) is 0 Å². The fourth-order valence-electron chi connectivity index (χ4n) is 1.77. The molecule has 2 N–H and O–H groups in total. The van der Waals surface area contributed by atoms with E-state index in [1.54, 1.807) is 6.92 Å². The van der Waals surface area contributed by atoms with Gasteiger partial charge in [0.2, 0.25) is 10.0 Å². The van der Waals surface area contributed by atoms with E-state index in [-0.39, 0.29) is 20.9 Å². The average molecular weight is 467 g/mol. The van der Waals surface area contributed by atoms with E-state index in [0.29, 0.717) is 5.01 Å². The molecule has 164 valence electrons. The van der Waals surface area contributed by atoms with Gasteiger partial charge >= 0.3 is 0 Å². The molecule has 28 heavy (non-hydrogen) atoms. The summed E-state index contributed by atoms with van der Waals surface area (Å²) in [6.45, 7) is 22.5. The van der Waals surface area contributed by atoms with Crippen molar-refractivity contribution in [3.05, 3.63) is 11.2 Å². The van der Waals surface area contributed by atoms with E-state index in [2.05, 4.69) is 43.2 Å². The van der Waals surface area contributed by atoms with E-state index in [4.69, 9.17) is 4.43 Å². The molecule has 0 aliphatic heterocycles. The number of sulfonamides is 1. The van der Waals surface area contributed by atoms with Gasteiger partial charge in [-0.05, 0) is 30.1 Å². The zero-order chi connectivity index (χ0) is 22.4. The Balaban J connectivity index is 3.04. The first-order chi connectivity index (χ1) is 12.1. The predicted octanol–water partition coefficient (Wildman–Crippen LogP) is 4.66. The van der Waals surface area contributed by atoms with Gasteiger partial charge in [-0.2, -0.15) is 0 Å². The molecule has 0 aromatic carbocycles. The molecule has 0 unspecified atom stereocenters. The SMILES string of the molecule is CC(C)(C)[Si](C)(C)NS(=O)(=O)c1cnc([C@@](C)(O)CO[Si](C)(C)C(C)(C)C)s1. The Labute approximate surface area is 177 Å². The molecule has 0 amide bonds. The molecule has 1 rings (SSSR count). The van der Waals surface area contributed by atoms with Crippen LogP contribution in [0.3, 0.4) is 0 Å². The summed E-state index contributed by atoms with van der Waals surface area (Å²) in [5.41, 5.74) is -1.34. The molecule has 0 bridgehead atoms. The van der Waals surface area contributed by atoms with Gasteiger partial charge in [0.25, 0.3) is 0 Å². The highest BCUT2D eigenvalue weighted by atomic mass is 32.2. The third kappa shape index (κ3) is 5.96. The molecule has 0 aliphatic carbocycles. The summed E-state index contributed by atoms with van der Waals surface area (Å²) in [7, 11) is -7.98. The predicted molar refractivity (Wildman–Crippen MR) is 122 cm³/mol. The van der Waals surface area contributed by atoms with Crippen LogP contribution in [0.2, 0.25) is 36.3 Å². The van der Waals surface area contributed by atoms with E-state index >= 15 is 0 Å². The number of nitrogens with zero attached hydrogens (tertiary/aromatic N) is 1. The Kier molecular flexibility index (Phi) is 7.28. The van der Waals surface area contributed by atoms with Gasteiger partial charge in [-0.25, -0.2) is 17.8 Å². The molecule has 10 heteroatoms. The van der Waals surface area contributed by atoms with Crippen molar-refractivity contribution in [2.45, 2.75) is 94.5 Å². The number of aromatic nitrogens is 1. The zero-order valence-corrected chi connectivity index (χ0v) is 22.9. The number of rotatable bonds is 7. The molecule has 0 aliphatic rings. The van der Waals surface area contributed by atoms with Crippen LogP contribution >= 0.6 is 11.3 Å². The molecule has 0 radical (unpaired) electrons. The normalized spacial score (nSPS) is 16.9. The highest BCUT2D eigenvalue weighted by Crippen LogP contribution is 2.39. The lowest BCUT2D eigenvalue weighted by molar-refractivity contribution is 0.00244. The molecular weight excluding hydrogens is 429 g/mol. The Bertz CT molecular complexity index is 789. The summed E-state index contributed by atoms with van der Waals surface area (Å²) in [4.78, 5) is 4.21. The van der Waals surface area contributed by atoms with Crippen molar-refractivity contribution >= 4 is 37.9 Å². The van der Waals surface area contributed by atoms with Crippen molar-refractivity contribution in [1.82, 2.24) is 9.37 Å². The Morgan fingerprint density at radius 2 is 1.57 bits per heavy atom. The molecule has 1 aromatic rings. The van der Waals surface area contributed by atoms with E-state index in [1.807, 2.05) is 33.9 Å². The van der Waals surface area contributed by atoms with E-state index in [0.717, 1.165) is 11.3 Å². The topological polar surface area (TPSA) is 88.5 Å². The molecule has 6 nitrogen and oxygen atoms in total. The van der Waals surface area contributed by atoms with Crippen LogP contribution in [-0.2, 0) is 20.1 Å². The summed E-state index contributed by atoms with van der Waals surface area (Å²) in [5, 5.41) is 11.1. The first kappa shape index (κ1) is 25.9. The Morgan fingerprint density at radius 1 is 1.07 bits per heavy atom. The van der Waals surface area contributed by atoms with Crippen LogP contribution in [0.1, 0.15) is 53.5 Å². The molecule has 0 saturated heterocycles. The lowest BCUT2D eigenvalue weighted by Crippen LogP contribution is -2.54. The lowest BCUT2D eigenvalue weighted by Gasteiger charge is -2.38. The van der Waals surface area contributed by atoms with Gasteiger partial charge in [0.15, 0.2) is 12.5 Å². The second kappa shape index (κ2) is 7.86. The number of nitrogens with one attached hydrogen (secondary N) is 1. The first-order valence-electron chi connectivity index (χ1n) is 9.49. The molecule has 0 fully saturated rings. The highest BCUT2D eigenvalue weighted by molar-refractivity contribution is 7.93. The summed E-state index contributed by atoms with van der Waals surface area (Å²) >= 11 is 1.00. The van der Waals surface area contributed by atoms with Crippen LogP contribution in [0, 0.1) is 0 Å². The fourth-order valence-corrected chi connectivity index (χ4v) is 9.08. The van der Waals surface area contributed by atoms with Gasteiger partial charge in [0, 0.05) is 0 Å². The molecule has 0 saturated carbocycles. The first-order valence-corrected chi connectivity index (χ1v) is 17.7. The van der Waals surface area contributed by atoms with Crippen LogP contribution < -0.4 is 4.39 Å². The van der Waals surface area contributed by atoms with Gasteiger partial charge in [0.1, 0.15) is 18.8 Å². The zero-order valence-electron chi connectivity index (χ0n) is 19.2. The molecule has 0 spiro atoms. The minimum absolute atomic E-state index is 0.0214. The maximum atomic E-state index is 12.9. The van der Waals surface area contributed by atoms with Crippen LogP contribution in [0.4, 0.5) is 0 Å². The fraction of sp³-hybridized carbons (Fsp3) is 0.833. The standard InChI is InChI=1S/C18H38N2O4S2Si2/c1-16(2,3)27(8,9)20-26(22,23)14-12-19-15(25-14)18(7,21)13-24-28(10,11)17(4,5)6/h12,20-21H,13H2,1-11H3/t18-/m0/s1.